The molecule has 0 spiro atoms. The normalized spacial score (nSPS) is 16.1. The second-order valence-electron chi connectivity index (χ2n) is 4.21. The zero-order chi connectivity index (χ0) is 10.7. The highest BCUT2D eigenvalue weighted by Crippen LogP contribution is 2.30. The van der Waals surface area contributed by atoms with Crippen LogP contribution in [0.25, 0.3) is 0 Å². The number of hydrogen-bond acceptors (Lipinski definition) is 2. The number of anilines is 2. The van der Waals surface area contributed by atoms with Crippen molar-refractivity contribution in [3.63, 3.8) is 0 Å². The Hall–Kier alpha value is -0.890. The van der Waals surface area contributed by atoms with Gasteiger partial charge in [-0.25, -0.2) is 0 Å². The first kappa shape index (κ1) is 10.6. The second kappa shape index (κ2) is 4.75. The van der Waals surface area contributed by atoms with Gasteiger partial charge in [0.2, 0.25) is 0 Å². The summed E-state index contributed by atoms with van der Waals surface area (Å²) in [5.41, 5.74) is 7.47. The number of benzene rings is 1. The third-order valence-corrected chi connectivity index (χ3v) is 3.48. The molecule has 1 aliphatic rings. The van der Waals surface area contributed by atoms with E-state index in [9.17, 15) is 0 Å². The van der Waals surface area contributed by atoms with Gasteiger partial charge in [0.15, 0.2) is 0 Å². The molecule has 3 N–H and O–H groups in total. The van der Waals surface area contributed by atoms with E-state index in [4.69, 9.17) is 17.3 Å². The van der Waals surface area contributed by atoms with E-state index in [1.807, 2.05) is 18.2 Å². The van der Waals surface area contributed by atoms with Gasteiger partial charge in [-0.3, -0.25) is 0 Å². The van der Waals surface area contributed by atoms with Crippen molar-refractivity contribution in [1.29, 1.82) is 0 Å². The van der Waals surface area contributed by atoms with Crippen LogP contribution in [0.2, 0.25) is 5.02 Å². The van der Waals surface area contributed by atoms with Crippen molar-refractivity contribution in [2.45, 2.75) is 25.7 Å². The van der Waals surface area contributed by atoms with Crippen molar-refractivity contribution in [2.75, 3.05) is 17.6 Å². The van der Waals surface area contributed by atoms with Crippen LogP contribution in [0.3, 0.4) is 0 Å². The Bertz CT molecular complexity index is 334. The molecule has 1 aromatic rings. The smallest absolute Gasteiger partial charge is 0.0739 e. The first-order valence-electron chi connectivity index (χ1n) is 5.55. The van der Waals surface area contributed by atoms with E-state index in [2.05, 4.69) is 5.32 Å². The summed E-state index contributed by atoms with van der Waals surface area (Å²) >= 11 is 5.93. The minimum Gasteiger partial charge on any atom is -0.396 e. The molecule has 0 aliphatic heterocycles. The Morgan fingerprint density at radius 3 is 2.87 bits per heavy atom. The van der Waals surface area contributed by atoms with E-state index in [1.54, 1.807) is 0 Å². The maximum atomic E-state index is 5.93. The van der Waals surface area contributed by atoms with Crippen molar-refractivity contribution < 1.29 is 0 Å². The van der Waals surface area contributed by atoms with Crippen LogP contribution in [0.1, 0.15) is 25.7 Å². The maximum absolute atomic E-state index is 5.93. The minimum atomic E-state index is 0.628. The Morgan fingerprint density at radius 2 is 2.20 bits per heavy atom. The number of nitrogens with one attached hydrogen (secondary N) is 1. The number of para-hydroxylation sites is 1. The van der Waals surface area contributed by atoms with E-state index in [0.717, 1.165) is 18.2 Å². The molecule has 1 aromatic carbocycles. The van der Waals surface area contributed by atoms with Gasteiger partial charge in [-0.05, 0) is 24.5 Å². The number of hydrogen-bond donors (Lipinski definition) is 2. The summed E-state index contributed by atoms with van der Waals surface area (Å²) in [5, 5.41) is 3.97. The molecule has 15 heavy (non-hydrogen) atoms. The highest BCUT2D eigenvalue weighted by molar-refractivity contribution is 6.33. The highest BCUT2D eigenvalue weighted by atomic mass is 35.5. The lowest BCUT2D eigenvalue weighted by molar-refractivity contribution is 0.303. The standard InChI is InChI=1S/C12H17ClN2/c13-10-5-2-6-11(12(10)14)15-8-7-9-3-1-4-9/h2,5-6,9,15H,1,3-4,7-8,14H2. The molecule has 0 heterocycles. The molecule has 0 bridgehead atoms. The van der Waals surface area contributed by atoms with E-state index in [1.165, 1.54) is 25.7 Å². The fourth-order valence-electron chi connectivity index (χ4n) is 1.88. The van der Waals surface area contributed by atoms with Crippen LogP contribution in [-0.2, 0) is 0 Å². The zero-order valence-electron chi connectivity index (χ0n) is 8.80. The Morgan fingerprint density at radius 1 is 1.40 bits per heavy atom. The lowest BCUT2D eigenvalue weighted by atomic mass is 9.83. The van der Waals surface area contributed by atoms with Gasteiger partial charge in [0.05, 0.1) is 16.4 Å². The molecule has 0 atom stereocenters. The fraction of sp³-hybridized carbons (Fsp3) is 0.500. The molecule has 1 fully saturated rings. The van der Waals surface area contributed by atoms with Crippen LogP contribution in [-0.4, -0.2) is 6.54 Å². The van der Waals surface area contributed by atoms with E-state index < -0.39 is 0 Å². The van der Waals surface area contributed by atoms with Crippen molar-refractivity contribution in [3.05, 3.63) is 23.2 Å². The molecule has 3 heteroatoms. The molecular weight excluding hydrogens is 208 g/mol. The van der Waals surface area contributed by atoms with E-state index in [-0.39, 0.29) is 0 Å². The van der Waals surface area contributed by atoms with Crippen LogP contribution in [0.15, 0.2) is 18.2 Å². The van der Waals surface area contributed by atoms with Crippen LogP contribution in [0.5, 0.6) is 0 Å². The molecule has 1 aliphatic carbocycles. The summed E-state index contributed by atoms with van der Waals surface area (Å²) in [6.45, 7) is 0.995. The molecular formula is C12H17ClN2. The third-order valence-electron chi connectivity index (χ3n) is 3.15. The summed E-state index contributed by atoms with van der Waals surface area (Å²) in [5.74, 6) is 0.929. The molecule has 0 amide bonds. The summed E-state index contributed by atoms with van der Waals surface area (Å²) < 4.78 is 0. The van der Waals surface area contributed by atoms with Crippen LogP contribution >= 0.6 is 11.6 Å². The molecule has 0 aromatic heterocycles. The van der Waals surface area contributed by atoms with Gasteiger partial charge in [0.1, 0.15) is 0 Å². The van der Waals surface area contributed by atoms with Crippen LogP contribution in [0.4, 0.5) is 11.4 Å². The molecule has 1 saturated carbocycles. The Balaban J connectivity index is 1.84. The average molecular weight is 225 g/mol. The fourth-order valence-corrected chi connectivity index (χ4v) is 2.06. The summed E-state index contributed by atoms with van der Waals surface area (Å²) in [6, 6.07) is 5.71. The quantitative estimate of drug-likeness (QED) is 0.768. The minimum absolute atomic E-state index is 0.628. The van der Waals surface area contributed by atoms with Gasteiger partial charge in [0, 0.05) is 6.54 Å². The van der Waals surface area contributed by atoms with Crippen molar-refractivity contribution >= 4 is 23.0 Å². The van der Waals surface area contributed by atoms with Gasteiger partial charge in [-0.1, -0.05) is 36.9 Å². The Labute approximate surface area is 95.8 Å². The van der Waals surface area contributed by atoms with E-state index >= 15 is 0 Å². The molecule has 0 saturated heterocycles. The van der Waals surface area contributed by atoms with Gasteiger partial charge in [-0.2, -0.15) is 0 Å². The third kappa shape index (κ3) is 2.57. The van der Waals surface area contributed by atoms with Gasteiger partial charge >= 0.3 is 0 Å². The first-order chi connectivity index (χ1) is 7.27. The van der Waals surface area contributed by atoms with Crippen molar-refractivity contribution in [3.8, 4) is 0 Å². The summed E-state index contributed by atoms with van der Waals surface area (Å²) in [4.78, 5) is 0. The van der Waals surface area contributed by atoms with Gasteiger partial charge in [0.25, 0.3) is 0 Å². The molecule has 2 nitrogen and oxygen atoms in total. The van der Waals surface area contributed by atoms with Crippen molar-refractivity contribution in [2.24, 2.45) is 5.92 Å². The lowest BCUT2D eigenvalue weighted by Crippen LogP contribution is -2.16. The van der Waals surface area contributed by atoms with Gasteiger partial charge < -0.3 is 11.1 Å². The predicted octanol–water partition coefficient (Wildman–Crippen LogP) is 3.52. The first-order valence-corrected chi connectivity index (χ1v) is 5.93. The van der Waals surface area contributed by atoms with Crippen LogP contribution in [0, 0.1) is 5.92 Å². The number of nitrogens with two attached hydrogens (primary N) is 1. The molecule has 2 rings (SSSR count). The van der Waals surface area contributed by atoms with Gasteiger partial charge in [-0.15, -0.1) is 0 Å². The average Bonchev–Trinajstić information content (AvgIpc) is 2.16. The van der Waals surface area contributed by atoms with E-state index in [0.29, 0.717) is 10.7 Å². The number of nitrogen functional groups attached to an aromatic ring is 1. The summed E-state index contributed by atoms with van der Waals surface area (Å²) in [6.07, 6.45) is 5.44. The predicted molar refractivity (Wildman–Crippen MR) is 66.3 cm³/mol. The topological polar surface area (TPSA) is 38.0 Å². The second-order valence-corrected chi connectivity index (χ2v) is 4.62. The number of rotatable bonds is 4. The maximum Gasteiger partial charge on any atom is 0.0739 e. The lowest BCUT2D eigenvalue weighted by Gasteiger charge is -2.25. The Kier molecular flexibility index (Phi) is 3.37. The van der Waals surface area contributed by atoms with Crippen LogP contribution < -0.4 is 11.1 Å². The largest absolute Gasteiger partial charge is 0.396 e. The molecule has 0 unspecified atom stereocenters. The summed E-state index contributed by atoms with van der Waals surface area (Å²) in [7, 11) is 0. The molecule has 82 valence electrons. The zero-order valence-corrected chi connectivity index (χ0v) is 9.56. The number of halogens is 1. The highest BCUT2D eigenvalue weighted by Gasteiger charge is 2.16. The SMILES string of the molecule is Nc1c(Cl)cccc1NCCC1CCC1. The molecule has 0 radical (unpaired) electrons. The monoisotopic (exact) mass is 224 g/mol. The van der Waals surface area contributed by atoms with Crippen molar-refractivity contribution in [1.82, 2.24) is 0 Å².